The molecule has 3 rings (SSSR count). The van der Waals surface area contributed by atoms with Crippen LogP contribution in [0.5, 0.6) is 11.5 Å². The number of hydrogen-bond donors (Lipinski definition) is 0. The summed E-state index contributed by atoms with van der Waals surface area (Å²) in [7, 11) is 3.28. The summed E-state index contributed by atoms with van der Waals surface area (Å²) in [6.07, 6.45) is 1.58. The quantitative estimate of drug-likeness (QED) is 0.570. The molecule has 6 heteroatoms. The number of benzene rings is 2. The summed E-state index contributed by atoms with van der Waals surface area (Å²) in [5.74, 6) is 1.42. The third kappa shape index (κ3) is 4.76. The predicted molar refractivity (Wildman–Crippen MR) is 113 cm³/mol. The number of para-hydroxylation sites is 1. The van der Waals surface area contributed by atoms with Gasteiger partial charge >= 0.3 is 0 Å². The van der Waals surface area contributed by atoms with Crippen molar-refractivity contribution < 1.29 is 18.9 Å². The average molecular weight is 400 g/mol. The van der Waals surface area contributed by atoms with Crippen LogP contribution in [0.4, 0.5) is 5.69 Å². The number of ether oxygens (including phenoxy) is 4. The molecule has 0 unspecified atom stereocenters. The number of aliphatic imine (C=N–C) groups is 1. The van der Waals surface area contributed by atoms with E-state index in [-0.39, 0.29) is 0 Å². The van der Waals surface area contributed by atoms with E-state index in [0.717, 1.165) is 26.8 Å². The van der Waals surface area contributed by atoms with E-state index in [0.29, 0.717) is 24.7 Å². The Kier molecular flexibility index (Phi) is 7.14. The Morgan fingerprint density at radius 1 is 0.929 bits per heavy atom. The van der Waals surface area contributed by atoms with E-state index in [1.54, 1.807) is 26.0 Å². The zero-order chi connectivity index (χ0) is 19.9. The van der Waals surface area contributed by atoms with E-state index in [2.05, 4.69) is 6.07 Å². The van der Waals surface area contributed by atoms with E-state index in [9.17, 15) is 0 Å². The first kappa shape index (κ1) is 20.5. The highest BCUT2D eigenvalue weighted by Gasteiger charge is 2.22. The van der Waals surface area contributed by atoms with Gasteiger partial charge in [-0.3, -0.25) is 0 Å². The van der Waals surface area contributed by atoms with Gasteiger partial charge in [-0.15, -0.1) is 0 Å². The van der Waals surface area contributed by atoms with E-state index in [4.69, 9.17) is 23.9 Å². The lowest BCUT2D eigenvalue weighted by atomic mass is 10.1. The first-order valence-electron chi connectivity index (χ1n) is 9.22. The molecule has 0 saturated heterocycles. The molecule has 28 heavy (non-hydrogen) atoms. The van der Waals surface area contributed by atoms with E-state index >= 15 is 0 Å². The number of methoxy groups -OCH3 is 2. The summed E-state index contributed by atoms with van der Waals surface area (Å²) < 4.78 is 22.6. The molecule has 0 bridgehead atoms. The molecule has 0 fully saturated rings. The van der Waals surface area contributed by atoms with E-state index in [1.807, 2.05) is 56.3 Å². The van der Waals surface area contributed by atoms with Gasteiger partial charge in [-0.05, 0) is 44.2 Å². The molecule has 0 radical (unpaired) electrons. The first-order chi connectivity index (χ1) is 13.7. The molecule has 2 aromatic rings. The molecule has 0 aliphatic carbocycles. The maximum absolute atomic E-state index is 5.85. The number of allylic oxidation sites excluding steroid dienone is 1. The summed E-state index contributed by atoms with van der Waals surface area (Å²) in [5, 5.41) is 0. The molecule has 1 heterocycles. The van der Waals surface area contributed by atoms with Crippen LogP contribution >= 0.6 is 11.8 Å². The van der Waals surface area contributed by atoms with Crippen LogP contribution in [-0.2, 0) is 9.47 Å². The van der Waals surface area contributed by atoms with Crippen LogP contribution in [0.15, 0.2) is 63.3 Å². The molecule has 0 spiro atoms. The smallest absolute Gasteiger partial charge is 0.190 e. The van der Waals surface area contributed by atoms with Gasteiger partial charge in [0.1, 0.15) is 11.5 Å². The lowest BCUT2D eigenvalue weighted by molar-refractivity contribution is -0.106. The number of hydrogen-bond acceptors (Lipinski definition) is 6. The normalized spacial score (nSPS) is 13.5. The van der Waals surface area contributed by atoms with Gasteiger partial charge in [0, 0.05) is 34.6 Å². The van der Waals surface area contributed by atoms with Gasteiger partial charge in [-0.2, -0.15) is 0 Å². The highest BCUT2D eigenvalue weighted by molar-refractivity contribution is 8.03. The lowest BCUT2D eigenvalue weighted by Gasteiger charge is -2.19. The Morgan fingerprint density at radius 2 is 1.57 bits per heavy atom. The monoisotopic (exact) mass is 399 g/mol. The number of thioether (sulfide) groups is 1. The lowest BCUT2D eigenvalue weighted by Crippen LogP contribution is -2.19. The van der Waals surface area contributed by atoms with E-state index < -0.39 is 6.29 Å². The topological polar surface area (TPSA) is 49.3 Å². The van der Waals surface area contributed by atoms with Gasteiger partial charge in [-0.25, -0.2) is 4.99 Å². The predicted octanol–water partition coefficient (Wildman–Crippen LogP) is 5.21. The van der Waals surface area contributed by atoms with Crippen molar-refractivity contribution in [2.45, 2.75) is 25.0 Å². The molecular weight excluding hydrogens is 374 g/mol. The molecule has 1 aliphatic heterocycles. The minimum absolute atomic E-state index is 0.441. The van der Waals surface area contributed by atoms with E-state index in [1.165, 1.54) is 0 Å². The summed E-state index contributed by atoms with van der Waals surface area (Å²) >= 11 is 1.62. The fourth-order valence-electron chi connectivity index (χ4n) is 2.82. The second kappa shape index (κ2) is 9.78. The second-order valence-corrected chi connectivity index (χ2v) is 7.07. The van der Waals surface area contributed by atoms with Crippen molar-refractivity contribution in [3.05, 3.63) is 59.0 Å². The number of rotatable bonds is 8. The molecule has 148 valence electrons. The maximum atomic E-state index is 5.85. The maximum Gasteiger partial charge on any atom is 0.190 e. The highest BCUT2D eigenvalue weighted by atomic mass is 32.2. The minimum atomic E-state index is -0.441. The van der Waals surface area contributed by atoms with Gasteiger partial charge in [-0.1, -0.05) is 23.9 Å². The highest BCUT2D eigenvalue weighted by Crippen LogP contribution is 2.40. The van der Waals surface area contributed by atoms with Crippen molar-refractivity contribution >= 4 is 23.2 Å². The van der Waals surface area contributed by atoms with Gasteiger partial charge in [0.2, 0.25) is 0 Å². The third-order valence-electron chi connectivity index (χ3n) is 4.13. The molecule has 0 aromatic heterocycles. The first-order valence-corrected chi connectivity index (χ1v) is 10.0. The Labute approximate surface area is 170 Å². The average Bonchev–Trinajstić information content (AvgIpc) is 2.93. The minimum Gasteiger partial charge on any atom is -0.497 e. The van der Waals surface area contributed by atoms with Crippen molar-refractivity contribution in [1.82, 2.24) is 0 Å². The van der Waals surface area contributed by atoms with Crippen LogP contribution in [0, 0.1) is 0 Å². The summed E-state index contributed by atoms with van der Waals surface area (Å²) in [5.41, 5.74) is 2.61. The van der Waals surface area contributed by atoms with Crippen LogP contribution in [0.2, 0.25) is 0 Å². The summed E-state index contributed by atoms with van der Waals surface area (Å²) in [4.78, 5) is 6.92. The van der Waals surface area contributed by atoms with Crippen LogP contribution in [0.25, 0.3) is 0 Å². The zero-order valence-corrected chi connectivity index (χ0v) is 17.4. The van der Waals surface area contributed by atoms with Crippen molar-refractivity contribution in [3.8, 4) is 11.5 Å². The standard InChI is InChI=1S/C22H25NO4S/c1-5-26-22(27-6-2)21-14-19(23-18-9-7-8-10-20(18)28-21)15-11-16(24-3)13-17(12-15)25-4/h7-14,22H,5-6H2,1-4H3. The van der Waals surface area contributed by atoms with Crippen LogP contribution in [-0.4, -0.2) is 39.4 Å². The fraction of sp³-hybridized carbons (Fsp3) is 0.318. The van der Waals surface area contributed by atoms with Gasteiger partial charge in [0.25, 0.3) is 0 Å². The van der Waals surface area contributed by atoms with Crippen molar-refractivity contribution in [3.63, 3.8) is 0 Å². The zero-order valence-electron chi connectivity index (χ0n) is 16.6. The van der Waals surface area contributed by atoms with Gasteiger partial charge in [0.05, 0.1) is 25.6 Å². The molecular formula is C22H25NO4S. The van der Waals surface area contributed by atoms with Crippen LogP contribution < -0.4 is 9.47 Å². The molecule has 1 aliphatic rings. The van der Waals surface area contributed by atoms with Crippen molar-refractivity contribution in [2.75, 3.05) is 27.4 Å². The van der Waals surface area contributed by atoms with Crippen LogP contribution in [0.3, 0.4) is 0 Å². The third-order valence-corrected chi connectivity index (χ3v) is 5.24. The molecule has 0 atom stereocenters. The molecule has 0 saturated carbocycles. The molecule has 5 nitrogen and oxygen atoms in total. The van der Waals surface area contributed by atoms with Crippen molar-refractivity contribution in [1.29, 1.82) is 0 Å². The second-order valence-electron chi connectivity index (χ2n) is 5.96. The van der Waals surface area contributed by atoms with Crippen LogP contribution in [0.1, 0.15) is 19.4 Å². The summed E-state index contributed by atoms with van der Waals surface area (Å²) in [6, 6.07) is 13.8. The Balaban J connectivity index is 2.13. The number of fused-ring (bicyclic) bond motifs is 1. The Morgan fingerprint density at radius 3 is 2.18 bits per heavy atom. The molecule has 0 N–H and O–H groups in total. The fourth-order valence-corrected chi connectivity index (χ4v) is 3.85. The largest absolute Gasteiger partial charge is 0.497 e. The molecule has 0 amide bonds. The molecule has 2 aromatic carbocycles. The Bertz CT molecular complexity index is 850. The Hall–Kier alpha value is -2.28. The van der Waals surface area contributed by atoms with Gasteiger partial charge in [0.15, 0.2) is 6.29 Å². The van der Waals surface area contributed by atoms with Gasteiger partial charge < -0.3 is 18.9 Å². The summed E-state index contributed by atoms with van der Waals surface area (Å²) in [6.45, 7) is 5.04. The SMILES string of the molecule is CCOC(OCC)C1=CC(c2cc(OC)cc(OC)c2)=Nc2ccccc2S1. The van der Waals surface area contributed by atoms with Crippen molar-refractivity contribution in [2.24, 2.45) is 4.99 Å². The number of nitrogens with zero attached hydrogens (tertiary/aromatic N) is 1.